The number of rotatable bonds is 5. The number of nitrogens with two attached hydrogens (primary N) is 1. The van der Waals surface area contributed by atoms with Gasteiger partial charge in [-0.2, -0.15) is 0 Å². The summed E-state index contributed by atoms with van der Waals surface area (Å²) in [7, 11) is 4.13. The monoisotopic (exact) mass is 251 g/mol. The highest BCUT2D eigenvalue weighted by molar-refractivity contribution is 7.80. The van der Waals surface area contributed by atoms with Gasteiger partial charge in [-0.25, -0.2) is 0 Å². The minimum Gasteiger partial charge on any atom is -0.389 e. The first-order valence-corrected chi connectivity index (χ1v) is 6.13. The third-order valence-electron chi connectivity index (χ3n) is 2.91. The third kappa shape index (κ3) is 3.98. The fourth-order valence-corrected chi connectivity index (χ4v) is 1.64. The van der Waals surface area contributed by atoms with Crippen molar-refractivity contribution in [3.63, 3.8) is 0 Å². The van der Waals surface area contributed by atoms with Crippen molar-refractivity contribution in [2.75, 3.05) is 26.0 Å². The van der Waals surface area contributed by atoms with E-state index in [2.05, 4.69) is 44.2 Å². The summed E-state index contributed by atoms with van der Waals surface area (Å²) in [6.07, 6.45) is 0. The number of anilines is 1. The van der Waals surface area contributed by atoms with E-state index in [4.69, 9.17) is 18.0 Å². The van der Waals surface area contributed by atoms with Gasteiger partial charge in [-0.15, -0.1) is 0 Å². The Kier molecular flexibility index (Phi) is 4.90. The molecule has 3 N–H and O–H groups in total. The predicted molar refractivity (Wildman–Crippen MR) is 78.7 cm³/mol. The molecule has 1 aromatic rings. The van der Waals surface area contributed by atoms with Crippen molar-refractivity contribution in [3.8, 4) is 0 Å². The van der Waals surface area contributed by atoms with Crippen LogP contribution in [0.4, 0.5) is 5.69 Å². The van der Waals surface area contributed by atoms with E-state index in [1.54, 1.807) is 0 Å². The summed E-state index contributed by atoms with van der Waals surface area (Å²) in [5, 5.41) is 3.41. The van der Waals surface area contributed by atoms with Crippen molar-refractivity contribution >= 4 is 22.9 Å². The molecule has 0 saturated heterocycles. The predicted octanol–water partition coefficient (Wildman–Crippen LogP) is 1.99. The minimum atomic E-state index is 0.435. The summed E-state index contributed by atoms with van der Waals surface area (Å²) in [6, 6.07) is 6.53. The summed E-state index contributed by atoms with van der Waals surface area (Å²) < 4.78 is 0. The first-order valence-electron chi connectivity index (χ1n) is 5.72. The fraction of sp³-hybridized carbons (Fsp3) is 0.462. The molecule has 0 amide bonds. The van der Waals surface area contributed by atoms with E-state index >= 15 is 0 Å². The quantitative estimate of drug-likeness (QED) is 0.785. The molecule has 0 radical (unpaired) electrons. The molecule has 0 aromatic heterocycles. The first kappa shape index (κ1) is 13.9. The highest BCUT2D eigenvalue weighted by atomic mass is 32.1. The number of likely N-dealkylation sites (N-methyl/N-ethyl adjacent to an activating group) is 1. The number of benzene rings is 1. The Hall–Kier alpha value is -1.13. The summed E-state index contributed by atoms with van der Waals surface area (Å²) in [5.41, 5.74) is 8.84. The molecule has 1 rings (SSSR count). The van der Waals surface area contributed by atoms with E-state index in [9.17, 15) is 0 Å². The van der Waals surface area contributed by atoms with Crippen molar-refractivity contribution in [3.05, 3.63) is 29.3 Å². The second kappa shape index (κ2) is 5.98. The second-order valence-electron chi connectivity index (χ2n) is 4.61. The number of nitrogens with one attached hydrogen (secondary N) is 1. The number of hydrogen-bond acceptors (Lipinski definition) is 3. The van der Waals surface area contributed by atoms with Crippen LogP contribution in [0.2, 0.25) is 0 Å². The zero-order chi connectivity index (χ0) is 13.0. The molecule has 0 bridgehead atoms. The Balaban J connectivity index is 2.82. The molecule has 3 nitrogen and oxygen atoms in total. The molecule has 1 unspecified atom stereocenters. The maximum atomic E-state index is 5.71. The van der Waals surface area contributed by atoms with Crippen LogP contribution in [0, 0.1) is 6.92 Å². The normalized spacial score (nSPS) is 12.5. The smallest absolute Gasteiger partial charge is 0.106 e. The summed E-state index contributed by atoms with van der Waals surface area (Å²) >= 11 is 5.05. The largest absolute Gasteiger partial charge is 0.389 e. The second-order valence-corrected chi connectivity index (χ2v) is 5.05. The van der Waals surface area contributed by atoms with Crippen LogP contribution in [-0.4, -0.2) is 36.6 Å². The van der Waals surface area contributed by atoms with Gasteiger partial charge in [-0.3, -0.25) is 0 Å². The van der Waals surface area contributed by atoms with Crippen LogP contribution in [0.3, 0.4) is 0 Å². The van der Waals surface area contributed by atoms with E-state index in [-0.39, 0.29) is 0 Å². The summed E-state index contributed by atoms with van der Waals surface area (Å²) in [6.45, 7) is 5.10. The molecule has 0 saturated carbocycles. The average molecular weight is 251 g/mol. The third-order valence-corrected chi connectivity index (χ3v) is 3.13. The summed E-state index contributed by atoms with van der Waals surface area (Å²) in [4.78, 5) is 2.61. The Labute approximate surface area is 109 Å². The standard InChI is InChI=1S/C13H21N3S/c1-9-5-6-11(13(14)17)12(7-9)15-8-10(2)16(3)4/h5-7,10,15H,8H2,1-4H3,(H2,14,17). The number of nitrogens with zero attached hydrogens (tertiary/aromatic N) is 1. The van der Waals surface area contributed by atoms with Crippen molar-refractivity contribution in [1.82, 2.24) is 4.90 Å². The van der Waals surface area contributed by atoms with E-state index in [0.29, 0.717) is 11.0 Å². The molecule has 0 aliphatic rings. The maximum absolute atomic E-state index is 5.71. The van der Waals surface area contributed by atoms with Gasteiger partial charge in [0.2, 0.25) is 0 Å². The van der Waals surface area contributed by atoms with Crippen LogP contribution in [0.15, 0.2) is 18.2 Å². The number of aryl methyl sites for hydroxylation is 1. The van der Waals surface area contributed by atoms with Crippen molar-refractivity contribution in [2.24, 2.45) is 5.73 Å². The Morgan fingerprint density at radius 3 is 2.65 bits per heavy atom. The van der Waals surface area contributed by atoms with Gasteiger partial charge < -0.3 is 16.0 Å². The van der Waals surface area contributed by atoms with Crippen molar-refractivity contribution < 1.29 is 0 Å². The number of thiocarbonyl (C=S) groups is 1. The highest BCUT2D eigenvalue weighted by Crippen LogP contribution is 2.17. The first-order chi connectivity index (χ1) is 7.91. The minimum absolute atomic E-state index is 0.435. The van der Waals surface area contributed by atoms with Gasteiger partial charge in [0.25, 0.3) is 0 Å². The van der Waals surface area contributed by atoms with Gasteiger partial charge in [0.1, 0.15) is 4.99 Å². The van der Waals surface area contributed by atoms with Crippen LogP contribution in [0.5, 0.6) is 0 Å². The molecular weight excluding hydrogens is 230 g/mol. The molecule has 0 fully saturated rings. The van der Waals surface area contributed by atoms with Crippen molar-refractivity contribution in [2.45, 2.75) is 19.9 Å². The lowest BCUT2D eigenvalue weighted by molar-refractivity contribution is 0.326. The van der Waals surface area contributed by atoms with Gasteiger partial charge in [-0.1, -0.05) is 18.3 Å². The molecule has 1 atom stereocenters. The zero-order valence-corrected chi connectivity index (χ0v) is 11.8. The Morgan fingerprint density at radius 1 is 1.47 bits per heavy atom. The number of hydrogen-bond donors (Lipinski definition) is 2. The molecule has 17 heavy (non-hydrogen) atoms. The fourth-order valence-electron chi connectivity index (χ4n) is 1.46. The van der Waals surface area contributed by atoms with Crippen LogP contribution in [0.25, 0.3) is 0 Å². The SMILES string of the molecule is Cc1ccc(C(N)=S)c(NCC(C)N(C)C)c1. The highest BCUT2D eigenvalue weighted by Gasteiger charge is 2.08. The lowest BCUT2D eigenvalue weighted by Gasteiger charge is -2.21. The lowest BCUT2D eigenvalue weighted by Crippen LogP contribution is -2.32. The van der Waals surface area contributed by atoms with Crippen molar-refractivity contribution in [1.29, 1.82) is 0 Å². The summed E-state index contributed by atoms with van der Waals surface area (Å²) in [5.74, 6) is 0. The topological polar surface area (TPSA) is 41.3 Å². The van der Waals surface area contributed by atoms with Crippen LogP contribution < -0.4 is 11.1 Å². The van der Waals surface area contributed by atoms with E-state index in [1.807, 2.05) is 12.1 Å². The molecular formula is C13H21N3S. The maximum Gasteiger partial charge on any atom is 0.106 e. The molecule has 1 aromatic carbocycles. The van der Waals surface area contributed by atoms with Gasteiger partial charge in [0.15, 0.2) is 0 Å². The average Bonchev–Trinajstić information content (AvgIpc) is 2.25. The van der Waals surface area contributed by atoms with Crippen LogP contribution in [0.1, 0.15) is 18.1 Å². The Morgan fingerprint density at radius 2 is 2.12 bits per heavy atom. The molecule has 0 spiro atoms. The van der Waals surface area contributed by atoms with Gasteiger partial charge in [0, 0.05) is 23.8 Å². The zero-order valence-electron chi connectivity index (χ0n) is 10.9. The molecule has 94 valence electrons. The van der Waals surface area contributed by atoms with E-state index < -0.39 is 0 Å². The lowest BCUT2D eigenvalue weighted by atomic mass is 10.1. The van der Waals surface area contributed by atoms with Gasteiger partial charge >= 0.3 is 0 Å². The van der Waals surface area contributed by atoms with Gasteiger partial charge in [0.05, 0.1) is 0 Å². The molecule has 4 heteroatoms. The van der Waals surface area contributed by atoms with Gasteiger partial charge in [-0.05, 0) is 45.6 Å². The van der Waals surface area contributed by atoms with E-state index in [1.165, 1.54) is 5.56 Å². The Bertz CT molecular complexity index is 402. The van der Waals surface area contributed by atoms with E-state index in [0.717, 1.165) is 17.8 Å². The van der Waals surface area contributed by atoms with Crippen LogP contribution >= 0.6 is 12.2 Å². The molecule has 0 aliphatic carbocycles. The molecule has 0 aliphatic heterocycles. The molecule has 0 heterocycles. The van der Waals surface area contributed by atoms with Crippen LogP contribution in [-0.2, 0) is 0 Å².